The van der Waals surface area contributed by atoms with Gasteiger partial charge in [-0.15, -0.1) is 12.6 Å². The Hall–Kier alpha value is 0.665. The zero-order valence-electron chi connectivity index (χ0n) is 7.31. The Morgan fingerprint density at radius 3 is 1.11 bits per heavy atom. The lowest BCUT2D eigenvalue weighted by Gasteiger charge is -2.27. The van der Waals surface area contributed by atoms with Crippen molar-refractivity contribution in [1.82, 2.24) is 0 Å². The Kier molecular flexibility index (Phi) is 2.93. The van der Waals surface area contributed by atoms with E-state index in [1.807, 2.05) is 0 Å². The van der Waals surface area contributed by atoms with Crippen molar-refractivity contribution in [2.45, 2.75) is 0 Å². The van der Waals surface area contributed by atoms with Gasteiger partial charge in [-0.2, -0.15) is 0 Å². The van der Waals surface area contributed by atoms with Gasteiger partial charge >= 0.3 is 0 Å². The minimum atomic E-state index is -0.675. The summed E-state index contributed by atoms with van der Waals surface area (Å²) in [5, 5.41) is 0. The third-order valence-corrected chi connectivity index (χ3v) is 9.75. The highest BCUT2D eigenvalue weighted by atomic mass is 31.2. The molecule has 0 aliphatic heterocycles. The molecule has 0 rings (SSSR count). The molecule has 0 saturated heterocycles. The van der Waals surface area contributed by atoms with E-state index in [2.05, 4.69) is 39.3 Å². The Labute approximate surface area is 60.2 Å². The molecule has 0 aromatic heterocycles. The summed E-state index contributed by atoms with van der Waals surface area (Å²) >= 11 is 0. The Balaban J connectivity index is 4.07. The quantitative estimate of drug-likeness (QED) is 0.426. The number of hydrogen-bond donors (Lipinski definition) is 0. The summed E-state index contributed by atoms with van der Waals surface area (Å²) in [4.78, 5) is 0. The molecule has 0 saturated carbocycles. The van der Waals surface area contributed by atoms with Gasteiger partial charge < -0.3 is 0 Å². The van der Waals surface area contributed by atoms with E-state index >= 15 is 0 Å². The minimum absolute atomic E-state index is 0.208. The summed E-state index contributed by atoms with van der Waals surface area (Å²) in [6.07, 6.45) is 8.42. The second-order valence-corrected chi connectivity index (χ2v) is 15.5. The molecule has 0 heterocycles. The van der Waals surface area contributed by atoms with E-state index in [-0.39, 0.29) is 6.72 Å². The van der Waals surface area contributed by atoms with Crippen LogP contribution in [0.15, 0.2) is 0 Å². The van der Waals surface area contributed by atoms with Crippen LogP contribution in [0.1, 0.15) is 0 Å². The van der Waals surface area contributed by atoms with E-state index < -0.39 is 13.5 Å². The molecule has 0 N–H and O–H groups in total. The van der Waals surface area contributed by atoms with Gasteiger partial charge in [0.1, 0.15) is 0 Å². The fourth-order valence-corrected chi connectivity index (χ4v) is 13.2. The molecule has 0 fully saturated rings. The highest BCUT2D eigenvalue weighted by Crippen LogP contribution is 2.49. The van der Waals surface area contributed by atoms with Gasteiger partial charge in [-0.25, -0.2) is 0 Å². The molecule has 0 aliphatic carbocycles. The van der Waals surface area contributed by atoms with Crippen LogP contribution in [0.4, 0.5) is 0 Å². The lowest BCUT2D eigenvalue weighted by molar-refractivity contribution is 2.25. The fourth-order valence-electron chi connectivity index (χ4n) is 1.47. The maximum Gasteiger partial charge on any atom is 0.0257 e. The predicted molar refractivity (Wildman–Crippen MR) is 60.3 cm³/mol. The molecule has 0 radical (unpaired) electrons. The standard InChI is InChI=1S/C6H18BP2/c1-8(2,3)7-9(4,5)6/h1,4,7H2,2-3,5-6H3/q-1. The van der Waals surface area contributed by atoms with Gasteiger partial charge in [0.05, 0.1) is 0 Å². The molecule has 3 heteroatoms. The van der Waals surface area contributed by atoms with Crippen LogP contribution in [0, 0.1) is 0 Å². The molecule has 0 atom stereocenters. The van der Waals surface area contributed by atoms with Gasteiger partial charge in [-0.3, -0.25) is 13.5 Å². The van der Waals surface area contributed by atoms with Gasteiger partial charge in [-0.05, 0) is 0 Å². The average Bonchev–Trinajstić information content (AvgIpc) is 1.14. The van der Waals surface area contributed by atoms with Crippen LogP contribution in [-0.4, -0.2) is 46.0 Å². The van der Waals surface area contributed by atoms with E-state index in [0.29, 0.717) is 0 Å². The summed E-state index contributed by atoms with van der Waals surface area (Å²) in [6, 6.07) is 0. The lowest BCUT2D eigenvalue weighted by atomic mass is 10.7. The monoisotopic (exact) mass is 163 g/mol. The minimum Gasteiger partial charge on any atom is -0.258 e. The molecule has 9 heavy (non-hydrogen) atoms. The van der Waals surface area contributed by atoms with Crippen molar-refractivity contribution in [2.24, 2.45) is 0 Å². The van der Waals surface area contributed by atoms with E-state index in [1.54, 1.807) is 0 Å². The molecule has 0 nitrogen and oxygen atoms in total. The molecule has 0 bridgehead atoms. The number of hydrogen-bond acceptors (Lipinski definition) is 0. The second kappa shape index (κ2) is 2.73. The van der Waals surface area contributed by atoms with Crippen LogP contribution in [-0.2, 0) is 0 Å². The zero-order chi connectivity index (χ0) is 7.71. The van der Waals surface area contributed by atoms with Gasteiger partial charge in [0.2, 0.25) is 0 Å². The Morgan fingerprint density at radius 2 is 1.11 bits per heavy atom. The van der Waals surface area contributed by atoms with E-state index in [1.165, 1.54) is 0 Å². The average molecular weight is 163 g/mol. The van der Waals surface area contributed by atoms with Crippen molar-refractivity contribution in [3.63, 3.8) is 0 Å². The van der Waals surface area contributed by atoms with Gasteiger partial charge in [0.25, 0.3) is 0 Å². The molecular weight excluding hydrogens is 145 g/mol. The third-order valence-electron chi connectivity index (χ3n) is 1.08. The molecule has 0 aromatic carbocycles. The highest BCUT2D eigenvalue weighted by molar-refractivity contribution is 8.25. The predicted octanol–water partition coefficient (Wildman–Crippen LogP) is 1.40. The summed E-state index contributed by atoms with van der Waals surface area (Å²) in [6.45, 7) is 8.19. The highest BCUT2D eigenvalue weighted by Gasteiger charge is 1.98. The molecule has 0 aliphatic rings. The van der Waals surface area contributed by atoms with Gasteiger partial charge in [-0.1, -0.05) is 26.7 Å². The Morgan fingerprint density at radius 1 is 0.889 bits per heavy atom. The van der Waals surface area contributed by atoms with Crippen LogP contribution in [0.2, 0.25) is 0 Å². The molecule has 0 unspecified atom stereocenters. The summed E-state index contributed by atoms with van der Waals surface area (Å²) < 4.78 is 0. The normalized spacial score (nSPS) is 13.8. The Bertz CT molecular complexity index is 151. The molecule has 0 spiro atoms. The van der Waals surface area contributed by atoms with Crippen molar-refractivity contribution in [2.75, 3.05) is 26.7 Å². The van der Waals surface area contributed by atoms with Crippen LogP contribution in [0.5, 0.6) is 0 Å². The van der Waals surface area contributed by atoms with E-state index in [0.717, 1.165) is 0 Å². The smallest absolute Gasteiger partial charge is 0.0257 e. The number of rotatable bonds is 2. The first-order valence-electron chi connectivity index (χ1n) is 3.32. The lowest BCUT2D eigenvalue weighted by Crippen LogP contribution is -1.91. The van der Waals surface area contributed by atoms with Crippen LogP contribution >= 0.6 is 13.5 Å². The van der Waals surface area contributed by atoms with Crippen molar-refractivity contribution in [1.29, 1.82) is 0 Å². The first-order chi connectivity index (χ1) is 3.71. The van der Waals surface area contributed by atoms with Crippen molar-refractivity contribution in [3.05, 3.63) is 0 Å². The summed E-state index contributed by atoms with van der Waals surface area (Å²) in [5.41, 5.74) is 0. The van der Waals surface area contributed by atoms with Crippen molar-refractivity contribution >= 4 is 32.8 Å². The molecule has 56 valence electrons. The van der Waals surface area contributed by atoms with Crippen LogP contribution < -0.4 is 0 Å². The van der Waals surface area contributed by atoms with Crippen molar-refractivity contribution < 1.29 is 0 Å². The maximum absolute atomic E-state index is 4.21. The SMILES string of the molecule is C=P(C)(C)[BH2-]P(=C)(C)C. The van der Waals surface area contributed by atoms with Gasteiger partial charge in [0, 0.05) is 6.72 Å². The molecule has 0 amide bonds. The van der Waals surface area contributed by atoms with Crippen LogP contribution in [0.3, 0.4) is 0 Å². The van der Waals surface area contributed by atoms with Crippen molar-refractivity contribution in [3.8, 4) is 0 Å². The second-order valence-electron chi connectivity index (χ2n) is 4.78. The topological polar surface area (TPSA) is 0 Å². The maximum atomic E-state index is 4.21. The van der Waals surface area contributed by atoms with E-state index in [9.17, 15) is 0 Å². The zero-order valence-corrected chi connectivity index (χ0v) is 9.10. The fraction of sp³-hybridized carbons (Fsp3) is 0.667. The van der Waals surface area contributed by atoms with E-state index in [4.69, 9.17) is 0 Å². The summed E-state index contributed by atoms with van der Waals surface area (Å²) in [5.74, 6) is 0. The molecular formula is C6H18BP2-. The largest absolute Gasteiger partial charge is 0.258 e. The first kappa shape index (κ1) is 9.66. The van der Waals surface area contributed by atoms with Crippen LogP contribution in [0.25, 0.3) is 0 Å². The first-order valence-corrected chi connectivity index (χ1v) is 9.95. The molecule has 0 aromatic rings. The van der Waals surface area contributed by atoms with Gasteiger partial charge in [0.15, 0.2) is 0 Å². The third kappa shape index (κ3) is 8.66. The summed E-state index contributed by atoms with van der Waals surface area (Å²) in [7, 11) is 0.